The third kappa shape index (κ3) is 4.39. The zero-order chi connectivity index (χ0) is 30.5. The second-order valence-electron chi connectivity index (χ2n) is 11.4. The molecule has 0 fully saturated rings. The average Bonchev–Trinajstić information content (AvgIpc) is 3.35. The van der Waals surface area contributed by atoms with Crippen LogP contribution in [0.1, 0.15) is 11.1 Å². The molecule has 0 saturated heterocycles. The maximum atomic E-state index is 6.68. The highest BCUT2D eigenvalue weighted by Crippen LogP contribution is 2.44. The van der Waals surface area contributed by atoms with Crippen LogP contribution in [0.3, 0.4) is 0 Å². The Morgan fingerprint density at radius 3 is 2.00 bits per heavy atom. The Balaban J connectivity index is 1.24. The van der Waals surface area contributed by atoms with Crippen LogP contribution < -0.4 is 4.74 Å². The lowest BCUT2D eigenvalue weighted by Crippen LogP contribution is -1.98. The van der Waals surface area contributed by atoms with E-state index in [0.717, 1.165) is 78.2 Å². The molecule has 8 aromatic rings. The highest BCUT2D eigenvalue weighted by atomic mass is 16.5. The highest BCUT2D eigenvalue weighted by molar-refractivity contribution is 6.14. The number of hydrogen-bond acceptors (Lipinski definition) is 3. The van der Waals surface area contributed by atoms with Crippen molar-refractivity contribution in [2.24, 2.45) is 0 Å². The number of rotatable bonds is 4. The molecule has 0 atom stereocenters. The van der Waals surface area contributed by atoms with Crippen molar-refractivity contribution >= 4 is 34.0 Å². The van der Waals surface area contributed by atoms with E-state index in [4.69, 9.17) is 14.7 Å². The van der Waals surface area contributed by atoms with E-state index in [1.807, 2.05) is 54.6 Å². The first-order valence-electron chi connectivity index (χ1n) is 15.4. The maximum absolute atomic E-state index is 6.68. The standard InChI is InChI=1S/C42H27N3O/c1-3-12-28(13-4-1)35-27-36(44-42(43-35)31-15-5-2-6-16-31)32-17-11-18-33(26-32)45-37-20-9-8-19-34(37)40-38(45)25-24-30-23-22-29-14-7-10-21-39(29)46-41(30)40/h1-27H. The van der Waals surface area contributed by atoms with Crippen molar-refractivity contribution in [2.45, 2.75) is 0 Å². The summed E-state index contributed by atoms with van der Waals surface area (Å²) < 4.78 is 9.01. The number of para-hydroxylation sites is 2. The van der Waals surface area contributed by atoms with E-state index in [0.29, 0.717) is 5.82 Å². The molecule has 0 N–H and O–H groups in total. The third-order valence-corrected chi connectivity index (χ3v) is 8.62. The number of hydrogen-bond donors (Lipinski definition) is 0. The van der Waals surface area contributed by atoms with E-state index in [-0.39, 0.29) is 0 Å². The molecule has 216 valence electrons. The van der Waals surface area contributed by atoms with Crippen LogP contribution in [0.15, 0.2) is 152 Å². The van der Waals surface area contributed by atoms with Gasteiger partial charge in [-0.25, -0.2) is 9.97 Å². The number of nitrogens with zero attached hydrogens (tertiary/aromatic N) is 3. The van der Waals surface area contributed by atoms with E-state index in [9.17, 15) is 0 Å². The van der Waals surface area contributed by atoms with E-state index in [2.05, 4.69) is 114 Å². The Hall–Kier alpha value is -6.26. The molecule has 0 unspecified atom stereocenters. The maximum Gasteiger partial charge on any atom is 0.160 e. The molecular formula is C42H27N3O. The predicted octanol–water partition coefficient (Wildman–Crippen LogP) is 10.9. The molecule has 46 heavy (non-hydrogen) atoms. The minimum absolute atomic E-state index is 0.701. The van der Waals surface area contributed by atoms with Crippen molar-refractivity contribution in [3.63, 3.8) is 0 Å². The first-order valence-corrected chi connectivity index (χ1v) is 15.4. The van der Waals surface area contributed by atoms with Gasteiger partial charge in [-0.3, -0.25) is 0 Å². The summed E-state index contributed by atoms with van der Waals surface area (Å²) in [5.74, 6) is 2.43. The van der Waals surface area contributed by atoms with Gasteiger partial charge in [-0.2, -0.15) is 0 Å². The molecule has 4 heteroatoms. The second kappa shape index (κ2) is 10.7. The van der Waals surface area contributed by atoms with Gasteiger partial charge in [-0.15, -0.1) is 0 Å². The van der Waals surface area contributed by atoms with Gasteiger partial charge >= 0.3 is 0 Å². The minimum Gasteiger partial charge on any atom is -0.455 e. The summed E-state index contributed by atoms with van der Waals surface area (Å²) in [7, 11) is 0. The smallest absolute Gasteiger partial charge is 0.160 e. The van der Waals surface area contributed by atoms with Crippen LogP contribution in [0, 0.1) is 0 Å². The first-order chi connectivity index (χ1) is 22.8. The third-order valence-electron chi connectivity index (χ3n) is 8.62. The molecule has 4 nitrogen and oxygen atoms in total. The Morgan fingerprint density at radius 2 is 1.15 bits per heavy atom. The SMILES string of the molecule is C1=Cc2ccc3c(c2Oc2ccccc21)c1ccccc1n3-c1cccc(-c2cc(-c3ccccc3)nc(-c3ccccc3)n2)c1. The van der Waals surface area contributed by atoms with Crippen molar-refractivity contribution in [1.29, 1.82) is 0 Å². The van der Waals surface area contributed by atoms with Crippen molar-refractivity contribution < 1.29 is 4.74 Å². The topological polar surface area (TPSA) is 39.9 Å². The van der Waals surface area contributed by atoms with Gasteiger partial charge in [0.05, 0.1) is 27.8 Å². The van der Waals surface area contributed by atoms with Gasteiger partial charge in [0.25, 0.3) is 0 Å². The fraction of sp³-hybridized carbons (Fsp3) is 0. The summed E-state index contributed by atoms with van der Waals surface area (Å²) in [5, 5.41) is 2.24. The molecule has 9 rings (SSSR count). The van der Waals surface area contributed by atoms with Gasteiger partial charge in [-0.1, -0.05) is 121 Å². The molecule has 3 heterocycles. The average molecular weight is 590 g/mol. The fourth-order valence-corrected chi connectivity index (χ4v) is 6.44. The van der Waals surface area contributed by atoms with Gasteiger partial charge < -0.3 is 9.30 Å². The van der Waals surface area contributed by atoms with Gasteiger partial charge in [-0.05, 0) is 42.5 Å². The highest BCUT2D eigenvalue weighted by Gasteiger charge is 2.21. The van der Waals surface area contributed by atoms with Gasteiger partial charge in [0.1, 0.15) is 11.5 Å². The zero-order valence-corrected chi connectivity index (χ0v) is 24.8. The summed E-state index contributed by atoms with van der Waals surface area (Å²) in [6.45, 7) is 0. The van der Waals surface area contributed by atoms with E-state index < -0.39 is 0 Å². The molecule has 0 bridgehead atoms. The van der Waals surface area contributed by atoms with Crippen molar-refractivity contribution in [1.82, 2.24) is 14.5 Å². The van der Waals surface area contributed by atoms with Gasteiger partial charge in [0, 0.05) is 38.9 Å². The second-order valence-corrected chi connectivity index (χ2v) is 11.4. The molecule has 0 radical (unpaired) electrons. The number of fused-ring (bicyclic) bond motifs is 6. The van der Waals surface area contributed by atoms with E-state index >= 15 is 0 Å². The first kappa shape index (κ1) is 26.2. The Kier molecular flexibility index (Phi) is 6.10. The molecular weight excluding hydrogens is 562 g/mol. The van der Waals surface area contributed by atoms with Gasteiger partial charge in [0.15, 0.2) is 5.82 Å². The monoisotopic (exact) mass is 589 g/mol. The molecule has 1 aliphatic heterocycles. The number of aromatic nitrogens is 3. The summed E-state index contributed by atoms with van der Waals surface area (Å²) in [5.41, 5.74) is 10.2. The van der Waals surface area contributed by atoms with Crippen molar-refractivity contribution in [3.05, 3.63) is 163 Å². The summed E-state index contributed by atoms with van der Waals surface area (Å²) in [4.78, 5) is 10.1. The lowest BCUT2D eigenvalue weighted by Gasteiger charge is -2.13. The minimum atomic E-state index is 0.701. The molecule has 0 amide bonds. The zero-order valence-electron chi connectivity index (χ0n) is 24.8. The summed E-state index contributed by atoms with van der Waals surface area (Å²) in [6.07, 6.45) is 4.28. The summed E-state index contributed by atoms with van der Waals surface area (Å²) in [6, 6.07) is 52.3. The lowest BCUT2D eigenvalue weighted by atomic mass is 10.1. The van der Waals surface area contributed by atoms with Crippen molar-refractivity contribution in [3.8, 4) is 51.1 Å². The van der Waals surface area contributed by atoms with Crippen LogP contribution in [-0.4, -0.2) is 14.5 Å². The molecule has 0 aliphatic carbocycles. The lowest BCUT2D eigenvalue weighted by molar-refractivity contribution is 0.487. The molecule has 1 aliphatic rings. The molecule has 6 aromatic carbocycles. The molecule has 0 saturated carbocycles. The van der Waals surface area contributed by atoms with Crippen LogP contribution in [-0.2, 0) is 0 Å². The van der Waals surface area contributed by atoms with Crippen LogP contribution in [0.4, 0.5) is 0 Å². The molecule has 0 spiro atoms. The predicted molar refractivity (Wildman–Crippen MR) is 188 cm³/mol. The quantitative estimate of drug-likeness (QED) is 0.205. The molecule has 2 aromatic heterocycles. The van der Waals surface area contributed by atoms with Gasteiger partial charge in [0.2, 0.25) is 0 Å². The van der Waals surface area contributed by atoms with Crippen LogP contribution in [0.5, 0.6) is 11.5 Å². The fourth-order valence-electron chi connectivity index (χ4n) is 6.44. The largest absolute Gasteiger partial charge is 0.455 e. The van der Waals surface area contributed by atoms with Crippen molar-refractivity contribution in [2.75, 3.05) is 0 Å². The Bertz CT molecular complexity index is 2380. The Labute approximate surface area is 266 Å². The number of benzene rings is 6. The van der Waals surface area contributed by atoms with Crippen LogP contribution in [0.2, 0.25) is 0 Å². The van der Waals surface area contributed by atoms with E-state index in [1.54, 1.807) is 0 Å². The Morgan fingerprint density at radius 1 is 0.478 bits per heavy atom. The van der Waals surface area contributed by atoms with Crippen LogP contribution >= 0.6 is 0 Å². The van der Waals surface area contributed by atoms with E-state index in [1.165, 1.54) is 0 Å². The normalized spacial score (nSPS) is 12.0. The van der Waals surface area contributed by atoms with Crippen LogP contribution in [0.25, 0.3) is 73.5 Å². The summed E-state index contributed by atoms with van der Waals surface area (Å²) >= 11 is 0. The number of ether oxygens (including phenoxy) is 1.